The molecule has 1 fully saturated rings. The third kappa shape index (κ3) is 4.10. The highest BCUT2D eigenvalue weighted by Crippen LogP contribution is 2.33. The molecule has 1 N–H and O–H groups in total. The lowest BCUT2D eigenvalue weighted by Gasteiger charge is -2.32. The zero-order chi connectivity index (χ0) is 21.4. The average molecular weight is 435 g/mol. The van der Waals surface area contributed by atoms with Crippen LogP contribution in [0.5, 0.6) is 0 Å². The fourth-order valence-corrected chi connectivity index (χ4v) is 4.64. The number of aryl methyl sites for hydroxylation is 2. The Hall–Kier alpha value is -2.70. The van der Waals surface area contributed by atoms with E-state index in [1.165, 1.54) is 11.3 Å². The molecule has 1 saturated heterocycles. The van der Waals surface area contributed by atoms with Crippen LogP contribution in [0.25, 0.3) is 11.3 Å². The van der Waals surface area contributed by atoms with Gasteiger partial charge in [0.15, 0.2) is 0 Å². The molecule has 0 aromatic carbocycles. The number of nitrogens with one attached hydrogen (secondary N) is 1. The molecular formula is C24H27ClN6. The molecule has 0 aliphatic carbocycles. The summed E-state index contributed by atoms with van der Waals surface area (Å²) in [5.41, 5.74) is 6.59. The third-order valence-corrected chi connectivity index (χ3v) is 6.41. The predicted octanol–water partition coefficient (Wildman–Crippen LogP) is 3.78. The summed E-state index contributed by atoms with van der Waals surface area (Å²) < 4.78 is 0. The second-order valence-corrected chi connectivity index (χ2v) is 8.79. The first-order valence-electron chi connectivity index (χ1n) is 10.9. The van der Waals surface area contributed by atoms with Gasteiger partial charge in [0.05, 0.1) is 10.7 Å². The quantitative estimate of drug-likeness (QED) is 0.677. The van der Waals surface area contributed by atoms with E-state index >= 15 is 0 Å². The molecule has 5 rings (SSSR count). The maximum atomic E-state index is 6.51. The Morgan fingerprint density at radius 1 is 0.935 bits per heavy atom. The van der Waals surface area contributed by atoms with Crippen LogP contribution in [0.2, 0.25) is 5.02 Å². The number of aromatic nitrogens is 3. The van der Waals surface area contributed by atoms with Crippen molar-refractivity contribution in [2.75, 3.05) is 42.5 Å². The highest BCUT2D eigenvalue weighted by molar-refractivity contribution is 6.33. The van der Waals surface area contributed by atoms with Gasteiger partial charge in [0, 0.05) is 69.3 Å². The van der Waals surface area contributed by atoms with E-state index in [1.54, 1.807) is 6.20 Å². The number of rotatable bonds is 3. The Kier molecular flexibility index (Phi) is 5.50. The summed E-state index contributed by atoms with van der Waals surface area (Å²) in [7, 11) is 0. The van der Waals surface area contributed by atoms with Crippen molar-refractivity contribution in [2.45, 2.75) is 26.8 Å². The molecule has 0 unspecified atom stereocenters. The molecule has 6 nitrogen and oxygen atoms in total. The second-order valence-electron chi connectivity index (χ2n) is 8.38. The Bertz CT molecular complexity index is 1110. The van der Waals surface area contributed by atoms with Gasteiger partial charge >= 0.3 is 0 Å². The summed E-state index contributed by atoms with van der Waals surface area (Å²) in [6.07, 6.45) is 4.54. The maximum absolute atomic E-state index is 6.51. The van der Waals surface area contributed by atoms with Crippen molar-refractivity contribution < 1.29 is 0 Å². The van der Waals surface area contributed by atoms with Crippen LogP contribution in [0.15, 0.2) is 36.7 Å². The van der Waals surface area contributed by atoms with E-state index in [0.29, 0.717) is 5.02 Å². The van der Waals surface area contributed by atoms with E-state index in [-0.39, 0.29) is 0 Å². The summed E-state index contributed by atoms with van der Waals surface area (Å²) >= 11 is 6.51. The monoisotopic (exact) mass is 434 g/mol. The van der Waals surface area contributed by atoms with Gasteiger partial charge in [0.25, 0.3) is 0 Å². The predicted molar refractivity (Wildman–Crippen MR) is 126 cm³/mol. The van der Waals surface area contributed by atoms with Crippen LogP contribution in [0.4, 0.5) is 11.6 Å². The number of hydrogen-bond donors (Lipinski definition) is 1. The first-order valence-corrected chi connectivity index (χ1v) is 11.2. The number of fused-ring (bicyclic) bond motifs is 1. The average Bonchev–Trinajstić information content (AvgIpc) is 2.80. The van der Waals surface area contributed by atoms with Gasteiger partial charge in [-0.3, -0.25) is 4.98 Å². The Morgan fingerprint density at radius 3 is 2.58 bits per heavy atom. The minimum absolute atomic E-state index is 0.628. The molecule has 7 heteroatoms. The number of anilines is 2. The molecule has 2 aliphatic rings. The number of halogens is 1. The normalized spacial score (nSPS) is 16.4. The maximum Gasteiger partial charge on any atom is 0.129 e. The zero-order valence-corrected chi connectivity index (χ0v) is 18.8. The smallest absolute Gasteiger partial charge is 0.129 e. The van der Waals surface area contributed by atoms with Crippen molar-refractivity contribution >= 4 is 23.2 Å². The first-order chi connectivity index (χ1) is 15.1. The summed E-state index contributed by atoms with van der Waals surface area (Å²) in [5, 5.41) is 4.03. The minimum Gasteiger partial charge on any atom is -0.354 e. The lowest BCUT2D eigenvalue weighted by Crippen LogP contribution is -2.44. The van der Waals surface area contributed by atoms with Crippen molar-refractivity contribution in [3.63, 3.8) is 0 Å². The number of hydrogen-bond acceptors (Lipinski definition) is 6. The summed E-state index contributed by atoms with van der Waals surface area (Å²) in [4.78, 5) is 18.9. The molecule has 31 heavy (non-hydrogen) atoms. The van der Waals surface area contributed by atoms with Gasteiger partial charge in [-0.2, -0.15) is 0 Å². The molecule has 0 atom stereocenters. The second kappa shape index (κ2) is 8.44. The molecule has 0 spiro atoms. The van der Waals surface area contributed by atoms with Crippen molar-refractivity contribution in [3.8, 4) is 11.3 Å². The first kappa shape index (κ1) is 20.2. The molecule has 5 heterocycles. The summed E-state index contributed by atoms with van der Waals surface area (Å²) in [6, 6.07) is 8.60. The molecule has 2 aliphatic heterocycles. The molecule has 0 radical (unpaired) electrons. The van der Waals surface area contributed by atoms with Crippen LogP contribution in [0, 0.1) is 13.8 Å². The van der Waals surface area contributed by atoms with E-state index in [4.69, 9.17) is 16.6 Å². The van der Waals surface area contributed by atoms with Gasteiger partial charge < -0.3 is 15.1 Å². The molecule has 160 valence electrons. The lowest BCUT2D eigenvalue weighted by atomic mass is 10.0. The van der Waals surface area contributed by atoms with Crippen LogP contribution >= 0.6 is 11.6 Å². The van der Waals surface area contributed by atoms with Crippen molar-refractivity contribution in [2.24, 2.45) is 0 Å². The van der Waals surface area contributed by atoms with Gasteiger partial charge in [-0.25, -0.2) is 9.97 Å². The van der Waals surface area contributed by atoms with Crippen molar-refractivity contribution in [3.05, 3.63) is 64.1 Å². The minimum atomic E-state index is 0.628. The SMILES string of the molecule is Cc1cnc(-c2cc(N3CCc4nc(N5CCNCC5)ccc4C3)ncc2Cl)c(C)c1. The van der Waals surface area contributed by atoms with Crippen LogP contribution in [-0.2, 0) is 13.0 Å². The van der Waals surface area contributed by atoms with E-state index < -0.39 is 0 Å². The van der Waals surface area contributed by atoms with E-state index in [9.17, 15) is 0 Å². The van der Waals surface area contributed by atoms with Gasteiger partial charge in [-0.15, -0.1) is 0 Å². The lowest BCUT2D eigenvalue weighted by molar-refractivity contribution is 0.583. The Balaban J connectivity index is 1.40. The van der Waals surface area contributed by atoms with Crippen molar-refractivity contribution in [1.82, 2.24) is 20.3 Å². The van der Waals surface area contributed by atoms with Gasteiger partial charge in [0.1, 0.15) is 11.6 Å². The van der Waals surface area contributed by atoms with Crippen LogP contribution in [-0.4, -0.2) is 47.7 Å². The highest BCUT2D eigenvalue weighted by Gasteiger charge is 2.22. The van der Waals surface area contributed by atoms with Crippen LogP contribution in [0.1, 0.15) is 22.4 Å². The molecule has 3 aromatic heterocycles. The molecule has 3 aromatic rings. The fraction of sp³-hybridized carbons (Fsp3) is 0.375. The third-order valence-electron chi connectivity index (χ3n) is 6.11. The topological polar surface area (TPSA) is 57.2 Å². The molecular weight excluding hydrogens is 408 g/mol. The molecule has 0 saturated carbocycles. The standard InChI is InChI=1S/C24H27ClN6/c1-16-11-17(2)24(28-13-16)19-12-23(27-14-20(19)25)31-8-5-21-18(15-31)3-4-22(29-21)30-9-6-26-7-10-30/h3-4,11-14,26H,5-10,15H2,1-2H3. The fourth-order valence-electron chi connectivity index (χ4n) is 4.45. The van der Waals surface area contributed by atoms with Crippen LogP contribution in [0.3, 0.4) is 0 Å². The molecule has 0 bridgehead atoms. The largest absolute Gasteiger partial charge is 0.354 e. The summed E-state index contributed by atoms with van der Waals surface area (Å²) in [6.45, 7) is 9.89. The van der Waals surface area contributed by atoms with Gasteiger partial charge in [-0.05, 0) is 42.7 Å². The van der Waals surface area contributed by atoms with Crippen molar-refractivity contribution in [1.29, 1.82) is 0 Å². The number of piperazine rings is 1. The molecule has 0 amide bonds. The summed E-state index contributed by atoms with van der Waals surface area (Å²) in [5.74, 6) is 2.03. The van der Waals surface area contributed by atoms with E-state index in [1.807, 2.05) is 6.20 Å². The van der Waals surface area contributed by atoms with Gasteiger partial charge in [-0.1, -0.05) is 23.7 Å². The number of nitrogens with zero attached hydrogens (tertiary/aromatic N) is 5. The highest BCUT2D eigenvalue weighted by atomic mass is 35.5. The van der Waals surface area contributed by atoms with Gasteiger partial charge in [0.2, 0.25) is 0 Å². The zero-order valence-electron chi connectivity index (χ0n) is 18.0. The van der Waals surface area contributed by atoms with Crippen LogP contribution < -0.4 is 15.1 Å². The van der Waals surface area contributed by atoms with E-state index in [0.717, 1.165) is 79.7 Å². The Morgan fingerprint density at radius 2 is 1.77 bits per heavy atom. The van der Waals surface area contributed by atoms with E-state index in [2.05, 4.69) is 63.2 Å². The number of pyridine rings is 3. The Labute approximate surface area is 188 Å².